The zero-order valence-corrected chi connectivity index (χ0v) is 32.5. The van der Waals surface area contributed by atoms with E-state index in [1.165, 1.54) is 17.2 Å². The number of fused-ring (bicyclic) bond motifs is 2. The summed E-state index contributed by atoms with van der Waals surface area (Å²) in [4.78, 5) is 47.8. The number of halogens is 2. The van der Waals surface area contributed by atoms with Gasteiger partial charge in [0.2, 0.25) is 5.88 Å². The van der Waals surface area contributed by atoms with Crippen molar-refractivity contribution in [3.8, 4) is 28.3 Å². The summed E-state index contributed by atoms with van der Waals surface area (Å²) in [5, 5.41) is 10.4. The maximum absolute atomic E-state index is 13.0. The van der Waals surface area contributed by atoms with E-state index in [-0.39, 0.29) is 17.5 Å². The van der Waals surface area contributed by atoms with Gasteiger partial charge < -0.3 is 30.3 Å². The van der Waals surface area contributed by atoms with Gasteiger partial charge in [0, 0.05) is 68.8 Å². The number of pyridine rings is 2. The third-order valence-corrected chi connectivity index (χ3v) is 10.6. The predicted molar refractivity (Wildman–Crippen MR) is 214 cm³/mol. The monoisotopic (exact) mass is 774 g/mol. The smallest absolute Gasteiger partial charge is 0.330 e. The van der Waals surface area contributed by atoms with E-state index in [9.17, 15) is 14.4 Å². The molecule has 15 heteroatoms. The van der Waals surface area contributed by atoms with Crippen LogP contribution in [0.3, 0.4) is 0 Å². The van der Waals surface area contributed by atoms with Crippen LogP contribution in [-0.2, 0) is 31.7 Å². The van der Waals surface area contributed by atoms with Crippen LogP contribution in [-0.4, -0.2) is 83.6 Å². The molecular formula is C39H44Cl2N8O5. The van der Waals surface area contributed by atoms with Crippen LogP contribution in [0.25, 0.3) is 33.3 Å². The van der Waals surface area contributed by atoms with Gasteiger partial charge >= 0.3 is 11.7 Å². The van der Waals surface area contributed by atoms with Crippen molar-refractivity contribution in [2.75, 3.05) is 52.8 Å². The lowest BCUT2D eigenvalue weighted by atomic mass is 9.99. The second-order valence-corrected chi connectivity index (χ2v) is 14.0. The molecule has 7 rings (SSSR count). The van der Waals surface area contributed by atoms with Crippen molar-refractivity contribution in [1.29, 1.82) is 0 Å². The molecular weight excluding hydrogens is 731 g/mol. The van der Waals surface area contributed by atoms with Crippen molar-refractivity contribution >= 4 is 51.6 Å². The van der Waals surface area contributed by atoms with Gasteiger partial charge in [0.05, 0.1) is 40.7 Å². The summed E-state index contributed by atoms with van der Waals surface area (Å²) in [6.45, 7) is 3.01. The lowest BCUT2D eigenvalue weighted by Crippen LogP contribution is -2.37. The molecule has 2 aliphatic rings. The lowest BCUT2D eigenvalue weighted by molar-refractivity contribution is 0.161. The first kappa shape index (κ1) is 38.8. The first-order chi connectivity index (χ1) is 26.1. The van der Waals surface area contributed by atoms with Gasteiger partial charge in [0.15, 0.2) is 0 Å². The lowest BCUT2D eigenvalue weighted by Gasteiger charge is -2.16. The summed E-state index contributed by atoms with van der Waals surface area (Å²) in [6.07, 6.45) is 5.54. The Morgan fingerprint density at radius 3 is 2.44 bits per heavy atom. The number of nitrogens with zero attached hydrogens (tertiary/aromatic N) is 5. The van der Waals surface area contributed by atoms with Crippen LogP contribution in [0.4, 0.5) is 16.3 Å². The molecule has 1 saturated heterocycles. The molecule has 2 amide bonds. The molecule has 3 N–H and O–H groups in total. The summed E-state index contributed by atoms with van der Waals surface area (Å²) in [7, 11) is 8.25. The molecule has 13 nitrogen and oxygen atoms in total. The highest BCUT2D eigenvalue weighted by Gasteiger charge is 2.27. The number of carbonyl (C=O) groups excluding carboxylic acids is 1. The molecule has 1 aliphatic carbocycles. The van der Waals surface area contributed by atoms with E-state index in [1.54, 1.807) is 44.5 Å². The van der Waals surface area contributed by atoms with Crippen molar-refractivity contribution in [1.82, 2.24) is 34.6 Å². The molecule has 0 saturated carbocycles. The largest absolute Gasteiger partial charge is 0.481 e. The molecule has 54 heavy (non-hydrogen) atoms. The SMILES string of the molecule is CNCCC1CN(CCOC)C(=O)N1.COc1nc(-c2cccc(-c3cccc(Nc4nccc5c4c(=O)n(C)c(=O)n5C)c3Cl)c2Cl)cc2c1CCC2. The molecule has 0 radical (unpaired) electrons. The molecule has 3 aromatic heterocycles. The van der Waals surface area contributed by atoms with E-state index in [0.29, 0.717) is 51.7 Å². The normalized spacial score (nSPS) is 14.8. The highest BCUT2D eigenvalue weighted by molar-refractivity contribution is 6.39. The number of methoxy groups -OCH3 is 2. The number of hydrogen-bond donors (Lipinski definition) is 3. The average Bonchev–Trinajstić information content (AvgIpc) is 3.81. The van der Waals surface area contributed by atoms with Gasteiger partial charge in [0.25, 0.3) is 5.56 Å². The van der Waals surface area contributed by atoms with E-state index >= 15 is 0 Å². The van der Waals surface area contributed by atoms with Crippen LogP contribution in [0.2, 0.25) is 10.0 Å². The highest BCUT2D eigenvalue weighted by atomic mass is 35.5. The average molecular weight is 776 g/mol. The van der Waals surface area contributed by atoms with Crippen molar-refractivity contribution in [3.05, 3.63) is 96.7 Å². The van der Waals surface area contributed by atoms with Crippen molar-refractivity contribution in [2.45, 2.75) is 31.7 Å². The van der Waals surface area contributed by atoms with Gasteiger partial charge in [-0.25, -0.2) is 19.6 Å². The maximum atomic E-state index is 13.0. The van der Waals surface area contributed by atoms with Crippen molar-refractivity contribution in [3.63, 3.8) is 0 Å². The van der Waals surface area contributed by atoms with Gasteiger partial charge in [-0.2, -0.15) is 0 Å². The van der Waals surface area contributed by atoms with Crippen LogP contribution in [0, 0.1) is 0 Å². The molecule has 0 spiro atoms. The quantitative estimate of drug-likeness (QED) is 0.158. The van der Waals surface area contributed by atoms with Crippen molar-refractivity contribution < 1.29 is 14.3 Å². The summed E-state index contributed by atoms with van der Waals surface area (Å²) < 4.78 is 13.0. The number of benzene rings is 2. The van der Waals surface area contributed by atoms with Crippen LogP contribution >= 0.6 is 23.2 Å². The van der Waals surface area contributed by atoms with E-state index in [0.717, 1.165) is 65.7 Å². The van der Waals surface area contributed by atoms with Crippen LogP contribution < -0.4 is 31.9 Å². The molecule has 5 aromatic rings. The van der Waals surface area contributed by atoms with Crippen LogP contribution in [0.1, 0.15) is 24.0 Å². The molecule has 2 aromatic carbocycles. The van der Waals surface area contributed by atoms with Gasteiger partial charge in [0.1, 0.15) is 11.2 Å². The minimum Gasteiger partial charge on any atom is -0.481 e. The van der Waals surface area contributed by atoms with E-state index in [4.69, 9.17) is 37.7 Å². The Hall–Kier alpha value is -4.95. The number of aromatic nitrogens is 4. The molecule has 4 heterocycles. The summed E-state index contributed by atoms with van der Waals surface area (Å²) in [5.74, 6) is 0.934. The Bertz CT molecular complexity index is 2310. The number of nitrogens with one attached hydrogen (secondary N) is 3. The number of carbonyl (C=O) groups is 1. The maximum Gasteiger partial charge on any atom is 0.330 e. The fraction of sp³-hybridized carbons (Fsp3) is 0.359. The number of anilines is 2. The number of hydrogen-bond acceptors (Lipinski definition) is 9. The van der Waals surface area contributed by atoms with Gasteiger partial charge in [-0.15, -0.1) is 0 Å². The van der Waals surface area contributed by atoms with Crippen LogP contribution in [0.5, 0.6) is 5.88 Å². The fourth-order valence-electron chi connectivity index (χ4n) is 6.91. The summed E-state index contributed by atoms with van der Waals surface area (Å²) >= 11 is 14.0. The minimum absolute atomic E-state index is 0.0307. The predicted octanol–water partition coefficient (Wildman–Crippen LogP) is 5.55. The molecule has 1 aliphatic heterocycles. The van der Waals surface area contributed by atoms with Gasteiger partial charge in [-0.05, 0) is 63.0 Å². The van der Waals surface area contributed by atoms with E-state index in [2.05, 4.69) is 27.0 Å². The third-order valence-electron chi connectivity index (χ3n) is 9.81. The Morgan fingerprint density at radius 2 is 1.70 bits per heavy atom. The van der Waals surface area contributed by atoms with Gasteiger partial charge in [-0.1, -0.05) is 53.5 Å². The third kappa shape index (κ3) is 7.81. The Balaban J connectivity index is 0.000000300. The highest BCUT2D eigenvalue weighted by Crippen LogP contribution is 2.43. The Labute approximate surface area is 323 Å². The number of urea groups is 1. The Morgan fingerprint density at radius 1 is 0.963 bits per heavy atom. The van der Waals surface area contributed by atoms with Crippen molar-refractivity contribution in [2.24, 2.45) is 14.1 Å². The van der Waals surface area contributed by atoms with E-state index < -0.39 is 11.2 Å². The number of ether oxygens (including phenoxy) is 2. The standard InChI is InChI=1S/C30H25Cl2N5O3.C9H19N3O2/c1-36-23-13-14-33-27(24(23)29(38)37(2)30(36)39)34-21-12-6-10-19(26(21)32)18-9-5-11-20(25(18)31)22-15-16-7-4-8-17(16)28(35-22)40-3;1-10-4-3-8-7-12(5-6-14-2)9(13)11-8/h5-6,9-15H,4,7-8H2,1-3H3,(H,33,34);8,10H,3-7H2,1-2H3,(H,11,13). The zero-order chi connectivity index (χ0) is 38.5. The molecule has 1 fully saturated rings. The number of rotatable bonds is 11. The number of amides is 2. The molecule has 284 valence electrons. The minimum atomic E-state index is -0.450. The Kier molecular flexibility index (Phi) is 12.2. The summed E-state index contributed by atoms with van der Waals surface area (Å²) in [5.41, 5.74) is 5.49. The summed E-state index contributed by atoms with van der Waals surface area (Å²) in [6, 6.07) is 15.3. The second kappa shape index (κ2) is 17.0. The topological polar surface area (TPSA) is 145 Å². The van der Waals surface area contributed by atoms with Gasteiger partial charge in [-0.3, -0.25) is 13.9 Å². The zero-order valence-electron chi connectivity index (χ0n) is 31.0. The molecule has 1 unspecified atom stereocenters. The number of aryl methyl sites for hydroxylation is 2. The molecule has 1 atom stereocenters. The van der Waals surface area contributed by atoms with E-state index in [1.807, 2.05) is 37.4 Å². The molecule has 0 bridgehead atoms. The first-order valence-electron chi connectivity index (χ1n) is 17.7. The first-order valence-corrected chi connectivity index (χ1v) is 18.5. The van der Waals surface area contributed by atoms with Crippen LogP contribution in [0.15, 0.2) is 64.3 Å². The fourth-order valence-corrected chi connectivity index (χ4v) is 7.51. The second-order valence-electron chi connectivity index (χ2n) is 13.2.